The highest BCUT2D eigenvalue weighted by atomic mass is 31.1. The van der Waals surface area contributed by atoms with E-state index in [0.29, 0.717) is 0 Å². The summed E-state index contributed by atoms with van der Waals surface area (Å²) in [5, 5.41) is 0.910. The fourth-order valence-electron chi connectivity index (χ4n) is 4.42. The number of hydrogen-bond donors (Lipinski definition) is 0. The second kappa shape index (κ2) is 6.69. The largest absolute Gasteiger partial charge is 0.496 e. The molecule has 24 heavy (non-hydrogen) atoms. The number of benzene rings is 2. The molecule has 2 aromatic rings. The Bertz CT molecular complexity index is 795. The molecule has 0 amide bonds. The fraction of sp³-hybridized carbons (Fsp3) is 0.429. The van der Waals surface area contributed by atoms with Gasteiger partial charge in [0, 0.05) is 11.1 Å². The first kappa shape index (κ1) is 15.8. The molecule has 4 rings (SSSR count). The van der Waals surface area contributed by atoms with Gasteiger partial charge >= 0.3 is 0 Å². The summed E-state index contributed by atoms with van der Waals surface area (Å²) in [5.41, 5.74) is 8.10. The van der Waals surface area contributed by atoms with Crippen molar-refractivity contribution in [3.05, 3.63) is 46.5 Å². The highest BCUT2D eigenvalue weighted by molar-refractivity contribution is 7.34. The van der Waals surface area contributed by atoms with Crippen LogP contribution in [0.4, 0.5) is 0 Å². The molecule has 0 spiro atoms. The van der Waals surface area contributed by atoms with Crippen LogP contribution in [0.1, 0.15) is 47.9 Å². The number of methoxy groups -OCH3 is 1. The van der Waals surface area contributed by atoms with E-state index in [9.17, 15) is 4.57 Å². The molecule has 3 heteroatoms. The predicted octanol–water partition coefficient (Wildman–Crippen LogP) is 5.04. The van der Waals surface area contributed by atoms with Gasteiger partial charge in [-0.3, -0.25) is 4.57 Å². The second-order valence-corrected chi connectivity index (χ2v) is 7.55. The third kappa shape index (κ3) is 2.58. The quantitative estimate of drug-likeness (QED) is 0.733. The summed E-state index contributed by atoms with van der Waals surface area (Å²) in [5.74, 6) is 0.930. The maximum atomic E-state index is 11.9. The molecule has 0 aromatic heterocycles. The summed E-state index contributed by atoms with van der Waals surface area (Å²) >= 11 is 0. The van der Waals surface area contributed by atoms with Crippen molar-refractivity contribution in [3.63, 3.8) is 0 Å². The number of rotatable bonds is 3. The lowest BCUT2D eigenvalue weighted by molar-refractivity contribution is 0.415. The van der Waals surface area contributed by atoms with Crippen LogP contribution < -0.4 is 10.0 Å². The summed E-state index contributed by atoms with van der Waals surface area (Å²) in [6, 6.07) is 8.56. The van der Waals surface area contributed by atoms with Crippen LogP contribution in [-0.2, 0) is 30.2 Å². The van der Waals surface area contributed by atoms with Crippen LogP contribution in [0.3, 0.4) is 0 Å². The third-order valence-corrected chi connectivity index (χ3v) is 6.14. The monoisotopic (exact) mass is 338 g/mol. The normalized spacial score (nSPS) is 16.5. The van der Waals surface area contributed by atoms with Gasteiger partial charge in [0.1, 0.15) is 5.75 Å². The van der Waals surface area contributed by atoms with Crippen LogP contribution in [0.5, 0.6) is 5.75 Å². The molecule has 0 saturated carbocycles. The Hall–Kier alpha value is -1.66. The first-order chi connectivity index (χ1) is 11.8. The zero-order valence-electron chi connectivity index (χ0n) is 14.2. The van der Waals surface area contributed by atoms with Crippen molar-refractivity contribution in [2.75, 3.05) is 7.11 Å². The molecule has 0 saturated heterocycles. The van der Waals surface area contributed by atoms with Crippen molar-refractivity contribution in [1.29, 1.82) is 0 Å². The van der Waals surface area contributed by atoms with Gasteiger partial charge in [-0.2, -0.15) is 0 Å². The Kier molecular flexibility index (Phi) is 4.41. The number of fused-ring (bicyclic) bond motifs is 2. The minimum atomic E-state index is 0.104. The molecular weight excluding hydrogens is 315 g/mol. The van der Waals surface area contributed by atoms with E-state index in [1.165, 1.54) is 59.1 Å². The Labute approximate surface area is 145 Å². The molecule has 0 aliphatic heterocycles. The molecule has 2 aliphatic carbocycles. The molecule has 0 heterocycles. The summed E-state index contributed by atoms with van der Waals surface area (Å²) in [6.07, 6.45) is 9.43. The summed E-state index contributed by atoms with van der Waals surface area (Å²) < 4.78 is 17.7. The van der Waals surface area contributed by atoms with Gasteiger partial charge in [-0.25, -0.2) is 0 Å². The maximum absolute atomic E-state index is 11.9. The Morgan fingerprint density at radius 3 is 2.00 bits per heavy atom. The summed E-state index contributed by atoms with van der Waals surface area (Å²) in [7, 11) is 1.85. The Morgan fingerprint density at radius 2 is 1.38 bits per heavy atom. The highest BCUT2D eigenvalue weighted by Gasteiger charge is 2.25. The SMILES string of the molecule is COc1ccc2c(c1-c1c(P=O)ccc3c1CCCC3)CCCC2. The van der Waals surface area contributed by atoms with Gasteiger partial charge in [0.2, 0.25) is 0 Å². The second-order valence-electron chi connectivity index (χ2n) is 6.88. The smallest absolute Gasteiger partial charge is 0.192 e. The summed E-state index contributed by atoms with van der Waals surface area (Å²) in [6.45, 7) is 0. The maximum Gasteiger partial charge on any atom is 0.192 e. The van der Waals surface area contributed by atoms with Gasteiger partial charge in [-0.15, -0.1) is 0 Å². The van der Waals surface area contributed by atoms with E-state index in [1.807, 2.05) is 0 Å². The minimum absolute atomic E-state index is 0.104. The molecule has 2 aliphatic rings. The number of hydrogen-bond acceptors (Lipinski definition) is 2. The van der Waals surface area contributed by atoms with Gasteiger partial charge in [0.25, 0.3) is 0 Å². The minimum Gasteiger partial charge on any atom is -0.496 e. The van der Waals surface area contributed by atoms with Crippen LogP contribution in [0, 0.1) is 0 Å². The van der Waals surface area contributed by atoms with Crippen LogP contribution in [-0.4, -0.2) is 7.11 Å². The molecule has 0 radical (unpaired) electrons. The average Bonchev–Trinajstić information content (AvgIpc) is 2.66. The number of ether oxygens (including phenoxy) is 1. The molecule has 124 valence electrons. The Morgan fingerprint density at radius 1 is 0.792 bits per heavy atom. The molecule has 0 fully saturated rings. The van der Waals surface area contributed by atoms with Gasteiger partial charge < -0.3 is 4.74 Å². The number of aryl methyl sites for hydroxylation is 2. The fourth-order valence-corrected chi connectivity index (χ4v) is 4.89. The standard InChI is InChI=1S/C21H23O2P/c1-23-18-12-10-14-6-2-4-8-16(14)20(18)21-17-9-5-3-7-15(17)11-13-19(21)24-22/h10-13H,2-9H2,1H3. The van der Waals surface area contributed by atoms with Gasteiger partial charge in [0.15, 0.2) is 8.46 Å². The van der Waals surface area contributed by atoms with E-state index in [-0.39, 0.29) is 8.46 Å². The van der Waals surface area contributed by atoms with Crippen molar-refractivity contribution in [1.82, 2.24) is 0 Å². The first-order valence-electron chi connectivity index (χ1n) is 9.00. The zero-order chi connectivity index (χ0) is 16.5. The van der Waals surface area contributed by atoms with Gasteiger partial charge in [-0.1, -0.05) is 12.1 Å². The lowest BCUT2D eigenvalue weighted by Gasteiger charge is -2.26. The van der Waals surface area contributed by atoms with Crippen LogP contribution in [0.25, 0.3) is 11.1 Å². The van der Waals surface area contributed by atoms with Crippen LogP contribution in [0.2, 0.25) is 0 Å². The van der Waals surface area contributed by atoms with Crippen LogP contribution >= 0.6 is 8.46 Å². The van der Waals surface area contributed by atoms with Crippen molar-refractivity contribution in [2.24, 2.45) is 0 Å². The molecule has 0 unspecified atom stereocenters. The highest BCUT2D eigenvalue weighted by Crippen LogP contribution is 2.42. The molecule has 2 nitrogen and oxygen atoms in total. The molecule has 0 bridgehead atoms. The van der Waals surface area contributed by atoms with E-state index >= 15 is 0 Å². The van der Waals surface area contributed by atoms with Crippen molar-refractivity contribution in [3.8, 4) is 16.9 Å². The summed E-state index contributed by atoms with van der Waals surface area (Å²) in [4.78, 5) is 0. The van der Waals surface area contributed by atoms with Gasteiger partial charge in [-0.05, 0) is 85.8 Å². The predicted molar refractivity (Wildman–Crippen MR) is 99.0 cm³/mol. The van der Waals surface area contributed by atoms with Crippen molar-refractivity contribution in [2.45, 2.75) is 51.4 Å². The lowest BCUT2D eigenvalue weighted by atomic mass is 9.80. The van der Waals surface area contributed by atoms with Crippen LogP contribution in [0.15, 0.2) is 24.3 Å². The van der Waals surface area contributed by atoms with E-state index in [2.05, 4.69) is 24.3 Å². The zero-order valence-corrected chi connectivity index (χ0v) is 15.1. The molecule has 0 atom stereocenters. The topological polar surface area (TPSA) is 26.3 Å². The molecule has 2 aromatic carbocycles. The van der Waals surface area contributed by atoms with Gasteiger partial charge in [0.05, 0.1) is 12.4 Å². The van der Waals surface area contributed by atoms with E-state index < -0.39 is 0 Å². The molecule has 0 N–H and O–H groups in total. The third-order valence-electron chi connectivity index (χ3n) is 5.57. The Balaban J connectivity index is 2.04. The molecular formula is C21H23O2P. The van der Waals surface area contributed by atoms with E-state index in [0.717, 1.165) is 36.7 Å². The van der Waals surface area contributed by atoms with E-state index in [1.54, 1.807) is 7.11 Å². The average molecular weight is 338 g/mol. The van der Waals surface area contributed by atoms with Crippen molar-refractivity contribution < 1.29 is 9.30 Å². The van der Waals surface area contributed by atoms with Crippen molar-refractivity contribution >= 4 is 13.8 Å². The van der Waals surface area contributed by atoms with E-state index in [4.69, 9.17) is 4.74 Å². The first-order valence-corrected chi connectivity index (χ1v) is 9.82. The lowest BCUT2D eigenvalue weighted by Crippen LogP contribution is -2.14.